The van der Waals surface area contributed by atoms with Gasteiger partial charge in [0.2, 0.25) is 0 Å². The number of allylic oxidation sites excluding steroid dienone is 1. The van der Waals surface area contributed by atoms with Crippen molar-refractivity contribution >= 4 is 11.8 Å². The highest BCUT2D eigenvalue weighted by Gasteiger charge is 2.61. The highest BCUT2D eigenvalue weighted by molar-refractivity contribution is 5.80. The molecule has 3 aliphatic carbocycles. The fourth-order valence-electron chi connectivity index (χ4n) is 7.23. The zero-order chi connectivity index (χ0) is 20.8. The van der Waals surface area contributed by atoms with E-state index in [0.29, 0.717) is 18.3 Å². The van der Waals surface area contributed by atoms with Crippen molar-refractivity contribution in [2.75, 3.05) is 14.2 Å². The van der Waals surface area contributed by atoms with Crippen LogP contribution in [0.1, 0.15) is 56.1 Å². The lowest BCUT2D eigenvalue weighted by atomic mass is 9.49. The monoisotopic (exact) mass is 396 g/mol. The molecule has 3 aliphatic rings. The number of hydrogen-bond donors (Lipinski definition) is 0. The van der Waals surface area contributed by atoms with E-state index in [-0.39, 0.29) is 34.9 Å². The van der Waals surface area contributed by atoms with E-state index >= 15 is 0 Å². The minimum Gasteiger partial charge on any atom is -0.497 e. The van der Waals surface area contributed by atoms with E-state index in [4.69, 9.17) is 9.47 Å². The van der Waals surface area contributed by atoms with Crippen LogP contribution < -0.4 is 4.74 Å². The van der Waals surface area contributed by atoms with Gasteiger partial charge in [0.1, 0.15) is 11.5 Å². The molecule has 0 amide bonds. The van der Waals surface area contributed by atoms with Crippen LogP contribution in [0.4, 0.5) is 0 Å². The van der Waals surface area contributed by atoms with E-state index in [2.05, 4.69) is 18.7 Å². The molecule has 0 bridgehead atoms. The van der Waals surface area contributed by atoms with Crippen molar-refractivity contribution in [2.24, 2.45) is 29.1 Å². The van der Waals surface area contributed by atoms with Crippen molar-refractivity contribution in [1.82, 2.24) is 0 Å². The number of esters is 1. The summed E-state index contributed by atoms with van der Waals surface area (Å²) in [5.41, 5.74) is 2.41. The van der Waals surface area contributed by atoms with Crippen molar-refractivity contribution in [3.8, 4) is 5.75 Å². The number of ketones is 1. The average Bonchev–Trinajstić information content (AvgIpc) is 3.11. The van der Waals surface area contributed by atoms with E-state index in [0.717, 1.165) is 37.9 Å². The fourth-order valence-corrected chi connectivity index (χ4v) is 7.23. The highest BCUT2D eigenvalue weighted by Crippen LogP contribution is 2.66. The van der Waals surface area contributed by atoms with Crippen molar-refractivity contribution in [3.05, 3.63) is 42.0 Å². The normalized spacial score (nSPS) is 35.1. The molecule has 0 aliphatic heterocycles. The van der Waals surface area contributed by atoms with E-state index in [9.17, 15) is 9.59 Å². The predicted octanol–water partition coefficient (Wildman–Crippen LogP) is 4.71. The van der Waals surface area contributed by atoms with Gasteiger partial charge in [-0.1, -0.05) is 12.1 Å². The Bertz CT molecular complexity index is 828. The molecular formula is C25H32O4. The van der Waals surface area contributed by atoms with Gasteiger partial charge in [-0.15, -0.1) is 6.58 Å². The first-order chi connectivity index (χ1) is 14.0. The average molecular weight is 397 g/mol. The standard InChI is InChI=1S/C25H32O4/c1-5-12-25-14-20(24(27)29-4)23-18-9-7-17(28-3)13-16(18)6-8-19(23)22(25)11-10-21(25)15(2)26/h5,7,9,13,19-23H,1,6,8,10-12,14H2,2-4H3/t19-,20-,21-,22-,23+,25-/m0/s1. The number of methoxy groups -OCH3 is 2. The molecule has 0 unspecified atom stereocenters. The smallest absolute Gasteiger partial charge is 0.309 e. The summed E-state index contributed by atoms with van der Waals surface area (Å²) in [4.78, 5) is 25.6. The molecule has 2 fully saturated rings. The van der Waals surface area contributed by atoms with Crippen LogP contribution in [0.2, 0.25) is 0 Å². The third-order valence-corrected chi connectivity index (χ3v) is 8.19. The van der Waals surface area contributed by atoms with Crippen LogP contribution in [0.5, 0.6) is 5.75 Å². The first-order valence-electron chi connectivity index (χ1n) is 10.8. The quantitative estimate of drug-likeness (QED) is 0.534. The molecule has 0 spiro atoms. The zero-order valence-corrected chi connectivity index (χ0v) is 17.8. The van der Waals surface area contributed by atoms with Gasteiger partial charge in [0.15, 0.2) is 0 Å². The second kappa shape index (κ2) is 7.62. The number of fused-ring (bicyclic) bond motifs is 5. The van der Waals surface area contributed by atoms with Gasteiger partial charge in [0, 0.05) is 11.8 Å². The van der Waals surface area contributed by atoms with Gasteiger partial charge in [0.05, 0.1) is 20.1 Å². The van der Waals surface area contributed by atoms with Crippen LogP contribution in [-0.4, -0.2) is 26.0 Å². The number of ether oxygens (including phenoxy) is 2. The lowest BCUT2D eigenvalue weighted by Crippen LogP contribution is -2.51. The van der Waals surface area contributed by atoms with E-state index in [1.165, 1.54) is 18.2 Å². The Morgan fingerprint density at radius 2 is 2.03 bits per heavy atom. The minimum absolute atomic E-state index is 0.0240. The molecule has 2 saturated carbocycles. The topological polar surface area (TPSA) is 52.6 Å². The summed E-state index contributed by atoms with van der Waals surface area (Å²) >= 11 is 0. The van der Waals surface area contributed by atoms with Crippen LogP contribution in [0, 0.1) is 29.1 Å². The molecule has 4 nitrogen and oxygen atoms in total. The molecular weight excluding hydrogens is 364 g/mol. The van der Waals surface area contributed by atoms with Crippen molar-refractivity contribution in [1.29, 1.82) is 0 Å². The van der Waals surface area contributed by atoms with Gasteiger partial charge in [0.25, 0.3) is 0 Å². The molecule has 4 rings (SSSR count). The van der Waals surface area contributed by atoms with Crippen LogP contribution in [0.3, 0.4) is 0 Å². The van der Waals surface area contributed by atoms with E-state index < -0.39 is 0 Å². The Kier molecular flexibility index (Phi) is 5.30. The van der Waals surface area contributed by atoms with Crippen molar-refractivity contribution in [2.45, 2.75) is 51.4 Å². The van der Waals surface area contributed by atoms with Gasteiger partial charge in [-0.25, -0.2) is 0 Å². The maximum absolute atomic E-state index is 13.0. The molecule has 6 atom stereocenters. The van der Waals surface area contributed by atoms with E-state index in [1.54, 1.807) is 14.0 Å². The molecule has 0 aromatic heterocycles. The molecule has 0 heterocycles. The van der Waals surface area contributed by atoms with Crippen LogP contribution in [-0.2, 0) is 20.7 Å². The van der Waals surface area contributed by atoms with Gasteiger partial charge in [-0.2, -0.15) is 0 Å². The van der Waals surface area contributed by atoms with E-state index in [1.807, 2.05) is 12.1 Å². The SMILES string of the molecule is C=CC[C@@]12C[C@H](C(=O)OC)[C@@H]3c4ccc(OC)cc4CC[C@H]3[C@@H]1CC[C@H]2C(C)=O. The second-order valence-electron chi connectivity index (χ2n) is 9.20. The Morgan fingerprint density at radius 3 is 2.69 bits per heavy atom. The third-order valence-electron chi connectivity index (χ3n) is 8.19. The Hall–Kier alpha value is -2.10. The first kappa shape index (κ1) is 20.2. The zero-order valence-electron chi connectivity index (χ0n) is 17.8. The summed E-state index contributed by atoms with van der Waals surface area (Å²) in [5.74, 6) is 1.81. The maximum atomic E-state index is 13.0. The fraction of sp³-hybridized carbons (Fsp3) is 0.600. The Morgan fingerprint density at radius 1 is 1.24 bits per heavy atom. The molecule has 1 aromatic carbocycles. The lowest BCUT2D eigenvalue weighted by molar-refractivity contribution is -0.155. The van der Waals surface area contributed by atoms with Gasteiger partial charge < -0.3 is 9.47 Å². The van der Waals surface area contributed by atoms with Crippen LogP contribution in [0.15, 0.2) is 30.9 Å². The summed E-state index contributed by atoms with van der Waals surface area (Å²) in [7, 11) is 3.17. The maximum Gasteiger partial charge on any atom is 0.309 e. The number of aryl methyl sites for hydroxylation is 1. The second-order valence-corrected chi connectivity index (χ2v) is 9.20. The molecule has 0 radical (unpaired) electrons. The molecule has 0 saturated heterocycles. The summed E-state index contributed by atoms with van der Waals surface area (Å²) < 4.78 is 10.7. The van der Waals surface area contributed by atoms with Gasteiger partial charge in [-0.3, -0.25) is 9.59 Å². The number of benzene rings is 1. The Labute approximate surface area is 173 Å². The first-order valence-corrected chi connectivity index (χ1v) is 10.8. The number of carbonyl (C=O) groups is 2. The lowest BCUT2D eigenvalue weighted by Gasteiger charge is -2.54. The molecule has 4 heteroatoms. The van der Waals surface area contributed by atoms with Crippen LogP contribution in [0.25, 0.3) is 0 Å². The number of Topliss-reactive ketones (excluding diaryl/α,β-unsaturated/α-hetero) is 1. The summed E-state index contributed by atoms with van der Waals surface area (Å²) in [6.45, 7) is 5.73. The number of carbonyl (C=O) groups excluding carboxylic acids is 2. The largest absolute Gasteiger partial charge is 0.497 e. The minimum atomic E-state index is -0.214. The Balaban J connectivity index is 1.83. The molecule has 156 valence electrons. The summed E-state index contributed by atoms with van der Waals surface area (Å²) in [5, 5.41) is 0. The third kappa shape index (κ3) is 3.03. The highest BCUT2D eigenvalue weighted by atomic mass is 16.5. The molecule has 1 aromatic rings. The van der Waals surface area contributed by atoms with Crippen molar-refractivity contribution < 1.29 is 19.1 Å². The number of rotatable bonds is 5. The van der Waals surface area contributed by atoms with Gasteiger partial charge in [-0.05, 0) is 86.0 Å². The van der Waals surface area contributed by atoms with Gasteiger partial charge >= 0.3 is 5.97 Å². The van der Waals surface area contributed by atoms with Crippen molar-refractivity contribution in [3.63, 3.8) is 0 Å². The van der Waals surface area contributed by atoms with Crippen LogP contribution >= 0.6 is 0 Å². The molecule has 0 N–H and O–H groups in total. The predicted molar refractivity (Wildman–Crippen MR) is 112 cm³/mol. The summed E-state index contributed by atoms with van der Waals surface area (Å²) in [6, 6.07) is 6.28. The number of hydrogen-bond acceptors (Lipinski definition) is 4. The molecule has 29 heavy (non-hydrogen) atoms. The summed E-state index contributed by atoms with van der Waals surface area (Å²) in [6.07, 6.45) is 7.52.